The van der Waals surface area contributed by atoms with Gasteiger partial charge in [-0.2, -0.15) is 0 Å². The zero-order valence-electron chi connectivity index (χ0n) is 9.33. The number of hydrogen-bond donors (Lipinski definition) is 3. The predicted octanol–water partition coefficient (Wildman–Crippen LogP) is 1.06. The molecule has 0 bridgehead atoms. The molecule has 82 valence electrons. The second-order valence-corrected chi connectivity index (χ2v) is 4.20. The second kappa shape index (κ2) is 4.75. The first-order valence-electron chi connectivity index (χ1n) is 5.53. The summed E-state index contributed by atoms with van der Waals surface area (Å²) in [6.45, 7) is 3.28. The van der Waals surface area contributed by atoms with E-state index in [2.05, 4.69) is 53.4 Å². The van der Waals surface area contributed by atoms with Gasteiger partial charge in [0.1, 0.15) is 0 Å². The minimum Gasteiger partial charge on any atom is -0.318 e. The Labute approximate surface area is 91.2 Å². The maximum Gasteiger partial charge on any atom is 0.0503 e. The predicted molar refractivity (Wildman–Crippen MR) is 62.3 cm³/mol. The summed E-state index contributed by atoms with van der Waals surface area (Å²) in [7, 11) is 1.99. The molecule has 0 amide bonds. The molecule has 15 heavy (non-hydrogen) atoms. The van der Waals surface area contributed by atoms with E-state index in [9.17, 15) is 0 Å². The number of nitrogens with one attached hydrogen (secondary N) is 3. The normalized spacial score (nSPS) is 30.7. The highest BCUT2D eigenvalue weighted by atomic mass is 15.4. The van der Waals surface area contributed by atoms with Crippen LogP contribution in [0, 0.1) is 5.92 Å². The van der Waals surface area contributed by atoms with Crippen LogP contribution in [-0.2, 0) is 0 Å². The van der Waals surface area contributed by atoms with Gasteiger partial charge in [-0.1, -0.05) is 37.3 Å². The molecular formula is C12H19N3. The Morgan fingerprint density at radius 3 is 2.60 bits per heavy atom. The van der Waals surface area contributed by atoms with Gasteiger partial charge in [-0.15, -0.1) is 0 Å². The molecule has 1 aliphatic rings. The molecule has 3 nitrogen and oxygen atoms in total. The van der Waals surface area contributed by atoms with Crippen molar-refractivity contribution in [3.8, 4) is 0 Å². The monoisotopic (exact) mass is 205 g/mol. The lowest BCUT2D eigenvalue weighted by Crippen LogP contribution is -2.38. The molecule has 1 aromatic rings. The van der Waals surface area contributed by atoms with Crippen LogP contribution in [0.25, 0.3) is 0 Å². The molecule has 0 saturated carbocycles. The zero-order valence-corrected chi connectivity index (χ0v) is 9.33. The van der Waals surface area contributed by atoms with Gasteiger partial charge in [0.15, 0.2) is 0 Å². The quantitative estimate of drug-likeness (QED) is 0.690. The highest BCUT2D eigenvalue weighted by molar-refractivity contribution is 5.21. The smallest absolute Gasteiger partial charge is 0.0503 e. The summed E-state index contributed by atoms with van der Waals surface area (Å²) in [6.07, 6.45) is 0. The van der Waals surface area contributed by atoms with Crippen molar-refractivity contribution in [1.29, 1.82) is 0 Å². The van der Waals surface area contributed by atoms with E-state index in [0.29, 0.717) is 18.0 Å². The summed E-state index contributed by atoms with van der Waals surface area (Å²) >= 11 is 0. The third kappa shape index (κ3) is 2.20. The number of rotatable bonds is 3. The molecule has 3 heteroatoms. The lowest BCUT2D eigenvalue weighted by Gasteiger charge is -2.18. The van der Waals surface area contributed by atoms with Crippen LogP contribution >= 0.6 is 0 Å². The molecule has 1 saturated heterocycles. The van der Waals surface area contributed by atoms with Gasteiger partial charge in [0.25, 0.3) is 0 Å². The molecule has 0 aromatic heterocycles. The number of likely N-dealkylation sites (N-methyl/N-ethyl adjacent to an activating group) is 1. The summed E-state index contributed by atoms with van der Waals surface area (Å²) in [5.74, 6) is 0.597. The van der Waals surface area contributed by atoms with Gasteiger partial charge in [-0.3, -0.25) is 5.43 Å². The largest absolute Gasteiger partial charge is 0.318 e. The van der Waals surface area contributed by atoms with Crippen molar-refractivity contribution in [3.63, 3.8) is 0 Å². The topological polar surface area (TPSA) is 36.1 Å². The molecule has 3 unspecified atom stereocenters. The zero-order chi connectivity index (χ0) is 10.7. The van der Waals surface area contributed by atoms with Gasteiger partial charge >= 0.3 is 0 Å². The van der Waals surface area contributed by atoms with E-state index in [1.807, 2.05) is 7.05 Å². The summed E-state index contributed by atoms with van der Waals surface area (Å²) < 4.78 is 0. The molecule has 3 atom stereocenters. The third-order valence-corrected chi connectivity index (χ3v) is 3.17. The van der Waals surface area contributed by atoms with Crippen LogP contribution in [0.5, 0.6) is 0 Å². The fraction of sp³-hybridized carbons (Fsp3) is 0.500. The van der Waals surface area contributed by atoms with Crippen LogP contribution < -0.4 is 16.2 Å². The molecule has 0 spiro atoms. The lowest BCUT2D eigenvalue weighted by molar-refractivity contribution is 0.440. The Bertz CT molecular complexity index is 299. The molecular weight excluding hydrogens is 186 g/mol. The molecule has 1 fully saturated rings. The van der Waals surface area contributed by atoms with E-state index in [0.717, 1.165) is 6.54 Å². The number of hydrazine groups is 1. The first-order chi connectivity index (χ1) is 7.33. The van der Waals surface area contributed by atoms with Crippen LogP contribution in [0.4, 0.5) is 0 Å². The van der Waals surface area contributed by atoms with Crippen molar-refractivity contribution in [2.45, 2.75) is 19.0 Å². The van der Waals surface area contributed by atoms with Gasteiger partial charge in [0.05, 0.1) is 6.04 Å². The Hall–Kier alpha value is -0.900. The van der Waals surface area contributed by atoms with Gasteiger partial charge in [0.2, 0.25) is 0 Å². The van der Waals surface area contributed by atoms with Crippen molar-refractivity contribution in [2.24, 2.45) is 5.92 Å². The summed E-state index contributed by atoms with van der Waals surface area (Å²) in [5.41, 5.74) is 8.07. The van der Waals surface area contributed by atoms with E-state index in [1.54, 1.807) is 0 Å². The van der Waals surface area contributed by atoms with E-state index >= 15 is 0 Å². The SMILES string of the molecule is CNCC1NNC(c2ccccc2)C1C. The molecule has 3 N–H and O–H groups in total. The van der Waals surface area contributed by atoms with Crippen LogP contribution in [0.3, 0.4) is 0 Å². The number of benzene rings is 1. The Morgan fingerprint density at radius 2 is 1.93 bits per heavy atom. The Kier molecular flexibility index (Phi) is 3.36. The van der Waals surface area contributed by atoms with Gasteiger partial charge in [0, 0.05) is 12.6 Å². The van der Waals surface area contributed by atoms with Crippen LogP contribution in [0.2, 0.25) is 0 Å². The molecule has 2 rings (SSSR count). The second-order valence-electron chi connectivity index (χ2n) is 4.20. The average molecular weight is 205 g/mol. The Balaban J connectivity index is 2.07. The van der Waals surface area contributed by atoms with Crippen molar-refractivity contribution < 1.29 is 0 Å². The molecule has 0 aliphatic carbocycles. The average Bonchev–Trinajstić information content (AvgIpc) is 2.63. The lowest BCUT2D eigenvalue weighted by atomic mass is 9.91. The molecule has 1 aliphatic heterocycles. The first-order valence-corrected chi connectivity index (χ1v) is 5.53. The van der Waals surface area contributed by atoms with Crippen molar-refractivity contribution in [3.05, 3.63) is 35.9 Å². The van der Waals surface area contributed by atoms with Gasteiger partial charge in [-0.25, -0.2) is 5.43 Å². The van der Waals surface area contributed by atoms with E-state index in [1.165, 1.54) is 5.56 Å². The van der Waals surface area contributed by atoms with E-state index in [-0.39, 0.29) is 0 Å². The van der Waals surface area contributed by atoms with Crippen molar-refractivity contribution in [2.75, 3.05) is 13.6 Å². The maximum atomic E-state index is 3.37. The summed E-state index contributed by atoms with van der Waals surface area (Å²) in [5, 5.41) is 3.21. The fourth-order valence-electron chi connectivity index (χ4n) is 2.20. The van der Waals surface area contributed by atoms with Crippen molar-refractivity contribution >= 4 is 0 Å². The van der Waals surface area contributed by atoms with Crippen LogP contribution in [-0.4, -0.2) is 19.6 Å². The summed E-state index contributed by atoms with van der Waals surface area (Å²) in [6, 6.07) is 11.5. The number of hydrogen-bond acceptors (Lipinski definition) is 3. The van der Waals surface area contributed by atoms with Crippen LogP contribution in [0.1, 0.15) is 18.5 Å². The maximum absolute atomic E-state index is 3.37. The van der Waals surface area contributed by atoms with Gasteiger partial charge < -0.3 is 5.32 Å². The molecule has 0 radical (unpaired) electrons. The van der Waals surface area contributed by atoms with Gasteiger partial charge in [-0.05, 0) is 18.5 Å². The Morgan fingerprint density at radius 1 is 1.20 bits per heavy atom. The molecule has 1 aromatic carbocycles. The first kappa shape index (κ1) is 10.6. The minimum atomic E-state index is 0.421. The van der Waals surface area contributed by atoms with E-state index < -0.39 is 0 Å². The third-order valence-electron chi connectivity index (χ3n) is 3.17. The molecule has 1 heterocycles. The van der Waals surface area contributed by atoms with E-state index in [4.69, 9.17) is 0 Å². The standard InChI is InChI=1S/C12H19N3/c1-9-11(8-13-2)14-15-12(9)10-6-4-3-5-7-10/h3-7,9,11-15H,8H2,1-2H3. The summed E-state index contributed by atoms with van der Waals surface area (Å²) in [4.78, 5) is 0. The minimum absolute atomic E-state index is 0.421. The highest BCUT2D eigenvalue weighted by Gasteiger charge is 2.32. The van der Waals surface area contributed by atoms with Crippen LogP contribution in [0.15, 0.2) is 30.3 Å². The fourth-order valence-corrected chi connectivity index (χ4v) is 2.20. The van der Waals surface area contributed by atoms with Crippen molar-refractivity contribution in [1.82, 2.24) is 16.2 Å². The highest BCUT2D eigenvalue weighted by Crippen LogP contribution is 2.27.